The molecule has 2 aromatic rings. The second-order valence-corrected chi connectivity index (χ2v) is 4.47. The lowest BCUT2D eigenvalue weighted by Gasteiger charge is -2.05. The summed E-state index contributed by atoms with van der Waals surface area (Å²) in [6, 6.07) is 6.99. The van der Waals surface area contributed by atoms with Crippen LogP contribution in [-0.2, 0) is 0 Å². The zero-order valence-corrected chi connectivity index (χ0v) is 11.1. The van der Waals surface area contributed by atoms with E-state index in [1.165, 1.54) is 0 Å². The maximum absolute atomic E-state index is 10.9. The van der Waals surface area contributed by atoms with Crippen molar-refractivity contribution in [3.63, 3.8) is 0 Å². The summed E-state index contributed by atoms with van der Waals surface area (Å²) in [5.41, 5.74) is 4.99. The van der Waals surface area contributed by atoms with Crippen molar-refractivity contribution in [1.29, 1.82) is 0 Å². The largest absolute Gasteiger partial charge is 0.434 e. The molecule has 0 fully saturated rings. The van der Waals surface area contributed by atoms with Gasteiger partial charge in [-0.2, -0.15) is 4.98 Å². The first-order valence-corrected chi connectivity index (χ1v) is 5.84. The number of rotatable bonds is 3. The normalized spacial score (nSPS) is 10.1. The number of benzene rings is 1. The molecule has 0 saturated carbocycles. The van der Waals surface area contributed by atoms with Gasteiger partial charge in [0.2, 0.25) is 5.82 Å². The predicted molar refractivity (Wildman–Crippen MR) is 72.3 cm³/mol. The molecule has 0 amide bonds. The Morgan fingerprint density at radius 3 is 2.56 bits per heavy atom. The van der Waals surface area contributed by atoms with Gasteiger partial charge in [0.1, 0.15) is 12.1 Å². The van der Waals surface area contributed by atoms with Gasteiger partial charge in [-0.3, -0.25) is 10.1 Å². The van der Waals surface area contributed by atoms with Crippen molar-refractivity contribution in [3.05, 3.63) is 44.3 Å². The molecule has 0 unspecified atom stereocenters. The summed E-state index contributed by atoms with van der Waals surface area (Å²) in [5, 5.41) is 10.9. The Morgan fingerprint density at radius 2 is 1.94 bits per heavy atom. The van der Waals surface area contributed by atoms with Gasteiger partial charge in [-0.05, 0) is 46.9 Å². The van der Waals surface area contributed by atoms with Gasteiger partial charge in [-0.25, -0.2) is 4.98 Å². The highest BCUT2D eigenvalue weighted by Crippen LogP contribution is 2.32. The maximum atomic E-state index is 10.9. The molecule has 1 aromatic carbocycles. The molecule has 1 heterocycles. The van der Waals surface area contributed by atoms with Crippen molar-refractivity contribution in [2.45, 2.75) is 0 Å². The fourth-order valence-electron chi connectivity index (χ4n) is 1.24. The van der Waals surface area contributed by atoms with Crippen LogP contribution in [-0.4, -0.2) is 14.9 Å². The van der Waals surface area contributed by atoms with E-state index in [1.807, 2.05) is 12.1 Å². The zero-order chi connectivity index (χ0) is 13.1. The van der Waals surface area contributed by atoms with Crippen LogP contribution in [0.15, 0.2) is 30.6 Å². The minimum Gasteiger partial charge on any atom is -0.434 e. The van der Waals surface area contributed by atoms with Crippen LogP contribution < -0.4 is 10.5 Å². The second kappa shape index (κ2) is 5.12. The summed E-state index contributed by atoms with van der Waals surface area (Å²) >= 11 is 2.14. The number of nitrogens with zero attached hydrogens (tertiary/aromatic N) is 3. The lowest BCUT2D eigenvalue weighted by Crippen LogP contribution is -2.02. The summed E-state index contributed by atoms with van der Waals surface area (Å²) in [6.07, 6.45) is 1.12. The predicted octanol–water partition coefficient (Wildman–Crippen LogP) is 2.36. The summed E-state index contributed by atoms with van der Waals surface area (Å²) in [4.78, 5) is 17.5. The Labute approximate surface area is 115 Å². The highest BCUT2D eigenvalue weighted by atomic mass is 127. The molecule has 2 N–H and O–H groups in total. The number of nitrogens with two attached hydrogens (primary N) is 1. The summed E-state index contributed by atoms with van der Waals surface area (Å²) in [6.45, 7) is 0. The molecule has 7 nitrogen and oxygen atoms in total. The average molecular weight is 358 g/mol. The molecular formula is C10H7IN4O3. The summed E-state index contributed by atoms with van der Waals surface area (Å²) < 4.78 is 6.36. The molecule has 18 heavy (non-hydrogen) atoms. The monoisotopic (exact) mass is 358 g/mol. The third-order valence-corrected chi connectivity index (χ3v) is 2.75. The first-order valence-electron chi connectivity index (χ1n) is 4.76. The summed E-state index contributed by atoms with van der Waals surface area (Å²) in [5.74, 6) is 0.0424. The minimum absolute atomic E-state index is 0.172. The highest BCUT2D eigenvalue weighted by molar-refractivity contribution is 14.1. The molecule has 0 aliphatic heterocycles. The minimum atomic E-state index is -0.669. The third kappa shape index (κ3) is 2.64. The van der Waals surface area contributed by atoms with Crippen molar-refractivity contribution in [3.8, 4) is 11.6 Å². The van der Waals surface area contributed by atoms with Crippen molar-refractivity contribution in [1.82, 2.24) is 9.97 Å². The smallest absolute Gasteiger partial charge is 0.372 e. The van der Waals surface area contributed by atoms with Crippen LogP contribution in [0.4, 0.5) is 11.5 Å². The number of aromatic nitrogens is 2. The van der Waals surface area contributed by atoms with Gasteiger partial charge in [0, 0.05) is 3.57 Å². The molecule has 1 aromatic heterocycles. The van der Waals surface area contributed by atoms with E-state index in [-0.39, 0.29) is 11.7 Å². The Hall–Kier alpha value is -1.97. The number of anilines is 1. The molecule has 0 spiro atoms. The molecular weight excluding hydrogens is 351 g/mol. The van der Waals surface area contributed by atoms with Crippen LogP contribution in [0.1, 0.15) is 0 Å². The van der Waals surface area contributed by atoms with E-state index < -0.39 is 10.6 Å². The third-order valence-electron chi connectivity index (χ3n) is 2.03. The van der Waals surface area contributed by atoms with Gasteiger partial charge in [0.15, 0.2) is 0 Å². The number of hydrogen-bond acceptors (Lipinski definition) is 6. The van der Waals surface area contributed by atoms with Crippen molar-refractivity contribution in [2.75, 3.05) is 5.73 Å². The van der Waals surface area contributed by atoms with E-state index in [2.05, 4.69) is 32.6 Å². The Bertz CT molecular complexity index is 588. The van der Waals surface area contributed by atoms with Crippen molar-refractivity contribution >= 4 is 34.1 Å². The van der Waals surface area contributed by atoms with Crippen molar-refractivity contribution in [2.24, 2.45) is 0 Å². The van der Waals surface area contributed by atoms with Crippen LogP contribution >= 0.6 is 22.6 Å². The number of hydrogen-bond donors (Lipinski definition) is 1. The Balaban J connectivity index is 2.37. The van der Waals surface area contributed by atoms with Crippen LogP contribution in [0, 0.1) is 13.7 Å². The fourth-order valence-corrected chi connectivity index (χ4v) is 1.60. The topological polar surface area (TPSA) is 104 Å². The van der Waals surface area contributed by atoms with E-state index >= 15 is 0 Å². The number of nitrogen functional groups attached to an aromatic ring is 1. The molecule has 92 valence electrons. The standard InChI is InChI=1S/C10H7IN4O3/c11-6-1-3-7(4-2-6)18-10-8(15(16)17)9(12)13-5-14-10/h1-5H,(H2,12,13,14). The van der Waals surface area contributed by atoms with E-state index in [0.29, 0.717) is 5.75 Å². The second-order valence-electron chi connectivity index (χ2n) is 3.23. The fraction of sp³-hybridized carbons (Fsp3) is 0. The lowest BCUT2D eigenvalue weighted by atomic mass is 10.3. The Kier molecular flexibility index (Phi) is 3.55. The van der Waals surface area contributed by atoms with Crippen LogP contribution in [0.5, 0.6) is 11.6 Å². The van der Waals surface area contributed by atoms with Gasteiger partial charge >= 0.3 is 11.6 Å². The first kappa shape index (κ1) is 12.5. The van der Waals surface area contributed by atoms with Crippen LogP contribution in [0.2, 0.25) is 0 Å². The van der Waals surface area contributed by atoms with Gasteiger partial charge in [-0.1, -0.05) is 0 Å². The maximum Gasteiger partial charge on any atom is 0.372 e. The highest BCUT2D eigenvalue weighted by Gasteiger charge is 2.22. The van der Waals surface area contributed by atoms with E-state index in [0.717, 1.165) is 9.90 Å². The number of ether oxygens (including phenoxy) is 1. The summed E-state index contributed by atoms with van der Waals surface area (Å²) in [7, 11) is 0. The van der Waals surface area contributed by atoms with Gasteiger partial charge in [0.25, 0.3) is 0 Å². The molecule has 0 aliphatic carbocycles. The molecule has 0 aliphatic rings. The molecule has 0 radical (unpaired) electrons. The SMILES string of the molecule is Nc1ncnc(Oc2ccc(I)cc2)c1[N+](=O)[O-]. The quantitative estimate of drug-likeness (QED) is 0.513. The number of nitro groups is 1. The van der Waals surface area contributed by atoms with Crippen molar-refractivity contribution < 1.29 is 9.66 Å². The molecule has 0 saturated heterocycles. The molecule has 0 bridgehead atoms. The van der Waals surface area contributed by atoms with E-state index in [4.69, 9.17) is 10.5 Å². The van der Waals surface area contributed by atoms with E-state index in [9.17, 15) is 10.1 Å². The van der Waals surface area contributed by atoms with Gasteiger partial charge in [0.05, 0.1) is 4.92 Å². The van der Waals surface area contributed by atoms with Gasteiger partial charge in [-0.15, -0.1) is 0 Å². The Morgan fingerprint density at radius 1 is 1.28 bits per heavy atom. The molecule has 0 atom stereocenters. The number of halogens is 1. The van der Waals surface area contributed by atoms with E-state index in [1.54, 1.807) is 12.1 Å². The van der Waals surface area contributed by atoms with Gasteiger partial charge < -0.3 is 10.5 Å². The average Bonchev–Trinajstić information content (AvgIpc) is 2.32. The van der Waals surface area contributed by atoms with Crippen LogP contribution in [0.3, 0.4) is 0 Å². The first-order chi connectivity index (χ1) is 8.58. The van der Waals surface area contributed by atoms with Crippen LogP contribution in [0.25, 0.3) is 0 Å². The lowest BCUT2D eigenvalue weighted by molar-refractivity contribution is -0.385. The zero-order valence-electron chi connectivity index (χ0n) is 8.91. The molecule has 2 rings (SSSR count). The molecule has 8 heteroatoms.